The molecular weight excluding hydrogens is 621 g/mol. The fourth-order valence-corrected chi connectivity index (χ4v) is 8.43. The molecule has 0 amide bonds. The van der Waals surface area contributed by atoms with Crippen LogP contribution in [0.1, 0.15) is 0 Å². The Balaban J connectivity index is 1.30. The third kappa shape index (κ3) is 3.99. The zero-order valence-corrected chi connectivity index (χ0v) is 27.6. The summed E-state index contributed by atoms with van der Waals surface area (Å²) in [4.78, 5) is 6.91. The minimum absolute atomic E-state index is 1.11. The summed E-state index contributed by atoms with van der Waals surface area (Å²) in [6.45, 7) is 0. The van der Waals surface area contributed by atoms with Gasteiger partial charge in [-0.15, -0.1) is 0 Å². The third-order valence-electron chi connectivity index (χ3n) is 10.5. The Hall–Kier alpha value is -6.91. The molecule has 0 saturated heterocycles. The van der Waals surface area contributed by atoms with E-state index in [-0.39, 0.29) is 0 Å². The first-order chi connectivity index (χ1) is 25.3. The van der Waals surface area contributed by atoms with Crippen molar-refractivity contribution in [2.24, 2.45) is 0 Å². The summed E-state index contributed by atoms with van der Waals surface area (Å²) in [5.74, 6) is 0. The maximum Gasteiger partial charge on any atom is 0.0703 e. The van der Waals surface area contributed by atoms with Crippen molar-refractivity contribution in [2.75, 3.05) is 4.90 Å². The monoisotopic (exact) mass is 650 g/mol. The lowest BCUT2D eigenvalue weighted by Gasteiger charge is -2.31. The van der Waals surface area contributed by atoms with Crippen LogP contribution in [0.3, 0.4) is 0 Å². The molecule has 0 atom stereocenters. The molecule has 4 heteroatoms. The number of para-hydroxylation sites is 6. The van der Waals surface area contributed by atoms with Crippen molar-refractivity contribution >= 4 is 60.7 Å². The summed E-state index contributed by atoms with van der Waals surface area (Å²) in [5, 5.41) is 4.79. The van der Waals surface area contributed by atoms with Crippen LogP contribution in [0, 0.1) is 0 Å². The van der Waals surface area contributed by atoms with Crippen molar-refractivity contribution in [3.8, 4) is 33.6 Å². The smallest absolute Gasteiger partial charge is 0.0703 e. The minimum Gasteiger partial charge on any atom is -0.309 e. The van der Waals surface area contributed by atoms with Crippen LogP contribution < -0.4 is 4.90 Å². The van der Waals surface area contributed by atoms with E-state index in [2.05, 4.69) is 189 Å². The van der Waals surface area contributed by atoms with Crippen LogP contribution in [-0.4, -0.2) is 14.1 Å². The van der Waals surface area contributed by atoms with Gasteiger partial charge in [0.05, 0.1) is 39.1 Å². The highest BCUT2D eigenvalue weighted by atomic mass is 15.2. The summed E-state index contributed by atoms with van der Waals surface area (Å²) in [6.07, 6.45) is 3.87. The van der Waals surface area contributed by atoms with Gasteiger partial charge in [-0.2, -0.15) is 0 Å². The van der Waals surface area contributed by atoms with Gasteiger partial charge in [0.2, 0.25) is 0 Å². The van der Waals surface area contributed by atoms with Crippen LogP contribution in [-0.2, 0) is 0 Å². The van der Waals surface area contributed by atoms with E-state index in [9.17, 15) is 0 Å². The average molecular weight is 651 g/mol. The van der Waals surface area contributed by atoms with E-state index in [1.807, 2.05) is 12.4 Å². The number of nitrogens with zero attached hydrogens (tertiary/aromatic N) is 4. The Morgan fingerprint density at radius 3 is 1.84 bits per heavy atom. The van der Waals surface area contributed by atoms with Gasteiger partial charge >= 0.3 is 0 Å². The van der Waals surface area contributed by atoms with E-state index in [0.29, 0.717) is 0 Å². The number of anilines is 3. The van der Waals surface area contributed by atoms with Crippen LogP contribution in [0.4, 0.5) is 17.1 Å². The van der Waals surface area contributed by atoms with Gasteiger partial charge in [0.15, 0.2) is 0 Å². The Labute approximate surface area is 294 Å². The molecule has 0 radical (unpaired) electrons. The van der Waals surface area contributed by atoms with Crippen molar-refractivity contribution in [3.05, 3.63) is 182 Å². The standard InChI is InChI=1S/C47H30N4/c1-2-13-31(14-3-1)49-41-21-8-6-17-35(41)33-15-4-5-16-34(33)37-19-12-20-38-39-29-32(25-26-43(39)51(47(37)38)46-24-11-10-23-45(46)49)50-42-22-9-7-18-36(42)40-30-48-28-27-44(40)50/h1-30H. The van der Waals surface area contributed by atoms with E-state index in [1.54, 1.807) is 0 Å². The molecule has 0 N–H and O–H groups in total. The molecule has 0 unspecified atom stereocenters. The SMILES string of the molecule is c1ccc(N2c3ccccc3-c3ccccc3-c3cccc4c5cc(-n6c7ccccc7c7cnccc76)ccc5n(c34)-c3ccccc32)cc1. The molecule has 238 valence electrons. The minimum atomic E-state index is 1.11. The lowest BCUT2D eigenvalue weighted by molar-refractivity contribution is 1.14. The lowest BCUT2D eigenvalue weighted by Crippen LogP contribution is -2.14. The molecule has 1 aliphatic rings. The second kappa shape index (κ2) is 10.8. The van der Waals surface area contributed by atoms with Crippen LogP contribution in [0.25, 0.3) is 77.2 Å². The number of pyridine rings is 1. The summed E-state index contributed by atoms with van der Waals surface area (Å²) < 4.78 is 4.87. The van der Waals surface area contributed by atoms with E-state index >= 15 is 0 Å². The normalized spacial score (nSPS) is 12.3. The largest absolute Gasteiger partial charge is 0.309 e. The zero-order chi connectivity index (χ0) is 33.5. The Morgan fingerprint density at radius 1 is 0.353 bits per heavy atom. The Kier molecular flexibility index (Phi) is 5.92. The van der Waals surface area contributed by atoms with Gasteiger partial charge in [-0.25, -0.2) is 0 Å². The van der Waals surface area contributed by atoms with E-state index in [0.717, 1.165) is 44.9 Å². The molecule has 0 saturated carbocycles. The lowest BCUT2D eigenvalue weighted by atomic mass is 9.91. The Morgan fingerprint density at radius 2 is 0.980 bits per heavy atom. The van der Waals surface area contributed by atoms with Gasteiger partial charge in [0.25, 0.3) is 0 Å². The number of benzene rings is 7. The molecule has 0 bridgehead atoms. The molecule has 0 aliphatic carbocycles. The second-order valence-corrected chi connectivity index (χ2v) is 13.2. The van der Waals surface area contributed by atoms with E-state index < -0.39 is 0 Å². The second-order valence-electron chi connectivity index (χ2n) is 13.2. The summed E-state index contributed by atoms with van der Waals surface area (Å²) in [5.41, 5.74) is 15.1. The maximum atomic E-state index is 4.49. The number of hydrogen-bond donors (Lipinski definition) is 0. The summed E-state index contributed by atoms with van der Waals surface area (Å²) >= 11 is 0. The first-order valence-corrected chi connectivity index (χ1v) is 17.4. The number of aromatic nitrogens is 3. The van der Waals surface area contributed by atoms with Crippen LogP contribution in [0.15, 0.2) is 182 Å². The van der Waals surface area contributed by atoms with Gasteiger partial charge in [0, 0.05) is 56.4 Å². The third-order valence-corrected chi connectivity index (χ3v) is 10.5. The molecule has 7 aromatic carbocycles. The van der Waals surface area contributed by atoms with Gasteiger partial charge in [0.1, 0.15) is 0 Å². The average Bonchev–Trinajstić information content (AvgIpc) is 3.71. The van der Waals surface area contributed by atoms with Gasteiger partial charge in [-0.1, -0.05) is 109 Å². The molecule has 4 heterocycles. The van der Waals surface area contributed by atoms with Crippen LogP contribution in [0.5, 0.6) is 0 Å². The van der Waals surface area contributed by atoms with Crippen molar-refractivity contribution < 1.29 is 0 Å². The molecule has 0 spiro atoms. The molecule has 11 rings (SSSR count). The predicted octanol–water partition coefficient (Wildman–Crippen LogP) is 12.4. The van der Waals surface area contributed by atoms with Gasteiger partial charge in [-0.05, 0) is 71.8 Å². The van der Waals surface area contributed by atoms with Gasteiger partial charge in [-0.3, -0.25) is 4.98 Å². The molecule has 3 aromatic heterocycles. The molecule has 1 aliphatic heterocycles. The fourth-order valence-electron chi connectivity index (χ4n) is 8.43. The molecule has 4 nitrogen and oxygen atoms in total. The highest BCUT2D eigenvalue weighted by molar-refractivity contribution is 6.17. The summed E-state index contributed by atoms with van der Waals surface area (Å²) in [7, 11) is 0. The molecule has 0 fully saturated rings. The van der Waals surface area contributed by atoms with E-state index in [1.165, 1.54) is 49.4 Å². The van der Waals surface area contributed by atoms with Crippen LogP contribution >= 0.6 is 0 Å². The maximum absolute atomic E-state index is 4.49. The van der Waals surface area contributed by atoms with Gasteiger partial charge < -0.3 is 14.0 Å². The zero-order valence-electron chi connectivity index (χ0n) is 27.6. The molecular formula is C47H30N4. The van der Waals surface area contributed by atoms with Crippen molar-refractivity contribution in [1.82, 2.24) is 14.1 Å². The number of rotatable bonds is 2. The number of fused-ring (bicyclic) bond motifs is 12. The van der Waals surface area contributed by atoms with Crippen molar-refractivity contribution in [2.45, 2.75) is 0 Å². The highest BCUT2D eigenvalue weighted by Crippen LogP contribution is 2.49. The van der Waals surface area contributed by atoms with Crippen molar-refractivity contribution in [3.63, 3.8) is 0 Å². The highest BCUT2D eigenvalue weighted by Gasteiger charge is 2.27. The quantitative estimate of drug-likeness (QED) is 0.186. The first-order valence-electron chi connectivity index (χ1n) is 17.4. The molecule has 10 aromatic rings. The van der Waals surface area contributed by atoms with Crippen LogP contribution in [0.2, 0.25) is 0 Å². The summed E-state index contributed by atoms with van der Waals surface area (Å²) in [6, 6.07) is 61.8. The number of hydrogen-bond acceptors (Lipinski definition) is 2. The Bertz CT molecular complexity index is 2930. The van der Waals surface area contributed by atoms with E-state index in [4.69, 9.17) is 0 Å². The topological polar surface area (TPSA) is 26.0 Å². The van der Waals surface area contributed by atoms with Crippen molar-refractivity contribution in [1.29, 1.82) is 0 Å². The fraction of sp³-hybridized carbons (Fsp3) is 0. The molecule has 51 heavy (non-hydrogen) atoms. The first kappa shape index (κ1) is 28.0. The predicted molar refractivity (Wildman–Crippen MR) is 212 cm³/mol.